The summed E-state index contributed by atoms with van der Waals surface area (Å²) in [4.78, 5) is 8.82. The summed E-state index contributed by atoms with van der Waals surface area (Å²) >= 11 is 0. The highest BCUT2D eigenvalue weighted by Gasteiger charge is 2.10. The molecule has 1 aromatic carbocycles. The van der Waals surface area contributed by atoms with Crippen LogP contribution in [0.2, 0.25) is 0 Å². The number of hydrogen-bond acceptors (Lipinski definition) is 5. The van der Waals surface area contributed by atoms with Gasteiger partial charge in [0.1, 0.15) is 23.2 Å². The van der Waals surface area contributed by atoms with Gasteiger partial charge in [-0.05, 0) is 38.5 Å². The Balaban J connectivity index is 2.44. The van der Waals surface area contributed by atoms with Crippen molar-refractivity contribution in [1.82, 2.24) is 9.97 Å². The predicted molar refractivity (Wildman–Crippen MR) is 82.1 cm³/mol. The first-order chi connectivity index (χ1) is 9.55. The van der Waals surface area contributed by atoms with Crippen molar-refractivity contribution in [3.05, 3.63) is 35.2 Å². The molecule has 2 rings (SSSR count). The number of benzene rings is 1. The van der Waals surface area contributed by atoms with Gasteiger partial charge in [-0.2, -0.15) is 0 Å². The first-order valence-corrected chi connectivity index (χ1v) is 6.49. The van der Waals surface area contributed by atoms with Crippen molar-refractivity contribution in [3.8, 4) is 5.75 Å². The second-order valence-corrected chi connectivity index (χ2v) is 4.67. The Morgan fingerprint density at radius 2 is 1.75 bits per heavy atom. The maximum atomic E-state index is 5.38. The quantitative estimate of drug-likeness (QED) is 0.895. The van der Waals surface area contributed by atoms with E-state index in [0.717, 1.165) is 34.2 Å². The van der Waals surface area contributed by atoms with E-state index in [1.807, 2.05) is 46.0 Å². The zero-order valence-electron chi connectivity index (χ0n) is 12.5. The molecule has 2 N–H and O–H groups in total. The molecule has 1 aromatic heterocycles. The van der Waals surface area contributed by atoms with Gasteiger partial charge < -0.3 is 15.4 Å². The number of anilines is 3. The molecule has 106 valence electrons. The van der Waals surface area contributed by atoms with Crippen molar-refractivity contribution in [2.75, 3.05) is 24.8 Å². The van der Waals surface area contributed by atoms with E-state index in [0.29, 0.717) is 5.82 Å². The Kier molecular flexibility index (Phi) is 4.08. The Bertz CT molecular complexity index is 626. The first-order valence-electron chi connectivity index (χ1n) is 6.49. The second kappa shape index (κ2) is 5.77. The molecule has 0 amide bonds. The van der Waals surface area contributed by atoms with E-state index >= 15 is 0 Å². The van der Waals surface area contributed by atoms with Gasteiger partial charge in [-0.3, -0.25) is 0 Å². The number of aryl methyl sites for hydroxylation is 2. The number of rotatable bonds is 4. The number of methoxy groups -OCH3 is 1. The van der Waals surface area contributed by atoms with Crippen LogP contribution in [0.4, 0.5) is 17.3 Å². The highest BCUT2D eigenvalue weighted by atomic mass is 16.5. The van der Waals surface area contributed by atoms with Gasteiger partial charge in [0.05, 0.1) is 12.8 Å². The average Bonchev–Trinajstić information content (AvgIpc) is 2.42. The number of aromatic nitrogens is 2. The minimum atomic E-state index is 0.717. The second-order valence-electron chi connectivity index (χ2n) is 4.67. The maximum absolute atomic E-state index is 5.38. The van der Waals surface area contributed by atoms with Crippen molar-refractivity contribution in [3.63, 3.8) is 0 Å². The summed E-state index contributed by atoms with van der Waals surface area (Å²) in [7, 11) is 3.51. The van der Waals surface area contributed by atoms with Gasteiger partial charge >= 0.3 is 0 Å². The van der Waals surface area contributed by atoms with E-state index in [1.54, 1.807) is 7.11 Å². The van der Waals surface area contributed by atoms with Crippen molar-refractivity contribution in [1.29, 1.82) is 0 Å². The van der Waals surface area contributed by atoms with Crippen molar-refractivity contribution >= 4 is 17.3 Å². The Hall–Kier alpha value is -2.30. The van der Waals surface area contributed by atoms with Crippen LogP contribution in [0.3, 0.4) is 0 Å². The van der Waals surface area contributed by atoms with Crippen LogP contribution in [-0.4, -0.2) is 24.1 Å². The largest absolute Gasteiger partial charge is 0.495 e. The third-order valence-corrected chi connectivity index (χ3v) is 3.10. The summed E-state index contributed by atoms with van der Waals surface area (Å²) in [5.41, 5.74) is 3.03. The lowest BCUT2D eigenvalue weighted by atomic mass is 10.2. The van der Waals surface area contributed by atoms with E-state index < -0.39 is 0 Å². The molecule has 0 aliphatic rings. The van der Waals surface area contributed by atoms with Gasteiger partial charge in [0.15, 0.2) is 0 Å². The molecule has 0 spiro atoms. The molecule has 0 saturated carbocycles. The topological polar surface area (TPSA) is 59.1 Å². The first kappa shape index (κ1) is 14.1. The Morgan fingerprint density at radius 1 is 1.05 bits per heavy atom. The summed E-state index contributed by atoms with van der Waals surface area (Å²) in [5.74, 6) is 3.11. The summed E-state index contributed by atoms with van der Waals surface area (Å²) in [6, 6.07) is 6.00. The van der Waals surface area contributed by atoms with E-state index in [9.17, 15) is 0 Å². The standard InChI is InChI=1S/C15H20N4O/c1-9-6-7-13(20-5)12(8-9)19-15-10(2)14(16-4)17-11(3)18-15/h6-8H,1-5H3,(H2,16,17,18,19). The van der Waals surface area contributed by atoms with Crippen LogP contribution in [0.5, 0.6) is 5.75 Å². The third kappa shape index (κ3) is 2.82. The smallest absolute Gasteiger partial charge is 0.142 e. The molecule has 0 aliphatic heterocycles. The van der Waals surface area contributed by atoms with Crippen LogP contribution in [0.25, 0.3) is 0 Å². The van der Waals surface area contributed by atoms with Gasteiger partial charge in [0.25, 0.3) is 0 Å². The van der Waals surface area contributed by atoms with Crippen LogP contribution < -0.4 is 15.4 Å². The molecule has 0 fully saturated rings. The Morgan fingerprint density at radius 3 is 2.40 bits per heavy atom. The van der Waals surface area contributed by atoms with Crippen LogP contribution in [0, 0.1) is 20.8 Å². The SMILES string of the molecule is CNc1nc(C)nc(Nc2cc(C)ccc2OC)c1C. The molecule has 0 unspecified atom stereocenters. The minimum absolute atomic E-state index is 0.717. The molecule has 5 heteroatoms. The van der Waals surface area contributed by atoms with E-state index in [1.165, 1.54) is 0 Å². The molecule has 0 saturated heterocycles. The highest BCUT2D eigenvalue weighted by Crippen LogP contribution is 2.30. The fraction of sp³-hybridized carbons (Fsp3) is 0.333. The molecule has 1 heterocycles. The average molecular weight is 272 g/mol. The molecule has 0 atom stereocenters. The lowest BCUT2D eigenvalue weighted by molar-refractivity contribution is 0.416. The lowest BCUT2D eigenvalue weighted by Gasteiger charge is -2.15. The van der Waals surface area contributed by atoms with Gasteiger partial charge in [0, 0.05) is 12.6 Å². The summed E-state index contributed by atoms with van der Waals surface area (Å²) < 4.78 is 5.38. The molecular weight excluding hydrogens is 252 g/mol. The summed E-state index contributed by atoms with van der Waals surface area (Å²) in [6.07, 6.45) is 0. The molecular formula is C15H20N4O. The monoisotopic (exact) mass is 272 g/mol. The molecule has 0 radical (unpaired) electrons. The minimum Gasteiger partial charge on any atom is -0.495 e. The Labute approximate surface area is 119 Å². The van der Waals surface area contributed by atoms with Gasteiger partial charge in [-0.15, -0.1) is 0 Å². The van der Waals surface area contributed by atoms with Crippen LogP contribution in [0.1, 0.15) is 17.0 Å². The van der Waals surface area contributed by atoms with E-state index in [2.05, 4.69) is 20.6 Å². The molecule has 20 heavy (non-hydrogen) atoms. The zero-order chi connectivity index (χ0) is 14.7. The molecule has 2 aromatic rings. The van der Waals surface area contributed by atoms with Gasteiger partial charge in [-0.25, -0.2) is 9.97 Å². The fourth-order valence-corrected chi connectivity index (χ4v) is 2.04. The summed E-state index contributed by atoms with van der Waals surface area (Å²) in [6.45, 7) is 5.90. The van der Waals surface area contributed by atoms with Gasteiger partial charge in [-0.1, -0.05) is 6.07 Å². The predicted octanol–water partition coefficient (Wildman–Crippen LogP) is 3.20. The highest BCUT2D eigenvalue weighted by molar-refractivity contribution is 5.69. The molecule has 0 aliphatic carbocycles. The van der Waals surface area contributed by atoms with Crippen LogP contribution >= 0.6 is 0 Å². The fourth-order valence-electron chi connectivity index (χ4n) is 2.04. The van der Waals surface area contributed by atoms with Crippen molar-refractivity contribution in [2.45, 2.75) is 20.8 Å². The summed E-state index contributed by atoms with van der Waals surface area (Å²) in [5, 5.41) is 6.41. The number of nitrogens with zero attached hydrogens (tertiary/aromatic N) is 2. The van der Waals surface area contributed by atoms with E-state index in [4.69, 9.17) is 4.74 Å². The van der Waals surface area contributed by atoms with Crippen LogP contribution in [-0.2, 0) is 0 Å². The van der Waals surface area contributed by atoms with Crippen molar-refractivity contribution < 1.29 is 4.74 Å². The molecule has 0 bridgehead atoms. The third-order valence-electron chi connectivity index (χ3n) is 3.10. The van der Waals surface area contributed by atoms with Crippen molar-refractivity contribution in [2.24, 2.45) is 0 Å². The van der Waals surface area contributed by atoms with Crippen LogP contribution in [0.15, 0.2) is 18.2 Å². The number of nitrogens with one attached hydrogen (secondary N) is 2. The van der Waals surface area contributed by atoms with E-state index in [-0.39, 0.29) is 0 Å². The number of ether oxygens (including phenoxy) is 1. The normalized spacial score (nSPS) is 10.2. The zero-order valence-corrected chi connectivity index (χ0v) is 12.5. The number of hydrogen-bond donors (Lipinski definition) is 2. The van der Waals surface area contributed by atoms with Gasteiger partial charge in [0.2, 0.25) is 0 Å². The molecule has 5 nitrogen and oxygen atoms in total. The maximum Gasteiger partial charge on any atom is 0.142 e. The lowest BCUT2D eigenvalue weighted by Crippen LogP contribution is -2.06.